The molecule has 142 valence electrons. The van der Waals surface area contributed by atoms with Crippen LogP contribution in [0.5, 0.6) is 5.75 Å². The molecule has 0 aromatic heterocycles. The van der Waals surface area contributed by atoms with Crippen molar-refractivity contribution >= 4 is 35.2 Å². The van der Waals surface area contributed by atoms with Gasteiger partial charge in [0.25, 0.3) is 0 Å². The van der Waals surface area contributed by atoms with Gasteiger partial charge in [0.1, 0.15) is 19.0 Å². The molecule has 28 heavy (non-hydrogen) atoms. The van der Waals surface area contributed by atoms with Crippen LogP contribution in [-0.4, -0.2) is 5.97 Å². The first-order valence-electron chi connectivity index (χ1n) is 8.66. The van der Waals surface area contributed by atoms with Crippen LogP contribution in [-0.2, 0) is 22.7 Å². The molecule has 3 aromatic rings. The maximum absolute atomic E-state index is 11.9. The van der Waals surface area contributed by atoms with Crippen molar-refractivity contribution in [3.63, 3.8) is 0 Å². The first-order valence-corrected chi connectivity index (χ1v) is 9.42. The lowest BCUT2D eigenvalue weighted by Gasteiger charge is -2.08. The Kier molecular flexibility index (Phi) is 7.12. The fraction of sp³-hybridized carbons (Fsp3) is 0.0870. The molecular formula is C23H18Cl2O3. The minimum atomic E-state index is -0.432. The maximum Gasteiger partial charge on any atom is 0.331 e. The van der Waals surface area contributed by atoms with Crippen LogP contribution in [0.4, 0.5) is 0 Å². The highest BCUT2D eigenvalue weighted by atomic mass is 35.5. The Morgan fingerprint density at radius 3 is 1.96 bits per heavy atom. The Morgan fingerprint density at radius 1 is 0.786 bits per heavy atom. The minimum Gasteiger partial charge on any atom is -0.489 e. The number of rotatable bonds is 7. The SMILES string of the molecule is O=C(/C=C/c1ccc(OCc2ccccc2Cl)cc1)OCc1ccccc1Cl. The molecule has 0 atom stereocenters. The Morgan fingerprint density at radius 2 is 1.36 bits per heavy atom. The number of carbonyl (C=O) groups is 1. The van der Waals surface area contributed by atoms with Crippen molar-refractivity contribution in [2.45, 2.75) is 13.2 Å². The van der Waals surface area contributed by atoms with E-state index in [1.165, 1.54) is 6.08 Å². The first-order chi connectivity index (χ1) is 13.6. The molecule has 0 saturated heterocycles. The molecule has 5 heteroatoms. The highest BCUT2D eigenvalue weighted by Crippen LogP contribution is 2.19. The van der Waals surface area contributed by atoms with Gasteiger partial charge in [-0.25, -0.2) is 4.79 Å². The molecule has 0 heterocycles. The molecule has 0 aliphatic heterocycles. The van der Waals surface area contributed by atoms with Crippen LogP contribution in [0.1, 0.15) is 16.7 Å². The van der Waals surface area contributed by atoms with Gasteiger partial charge in [-0.15, -0.1) is 0 Å². The normalized spacial score (nSPS) is 10.8. The Hall–Kier alpha value is -2.75. The van der Waals surface area contributed by atoms with Gasteiger partial charge in [-0.2, -0.15) is 0 Å². The van der Waals surface area contributed by atoms with Gasteiger partial charge in [0.2, 0.25) is 0 Å². The van der Waals surface area contributed by atoms with Gasteiger partial charge in [-0.3, -0.25) is 0 Å². The lowest BCUT2D eigenvalue weighted by atomic mass is 10.2. The van der Waals surface area contributed by atoms with Crippen LogP contribution in [0.3, 0.4) is 0 Å². The van der Waals surface area contributed by atoms with Crippen LogP contribution >= 0.6 is 23.2 Å². The van der Waals surface area contributed by atoms with Crippen molar-refractivity contribution in [3.05, 3.63) is 106 Å². The smallest absolute Gasteiger partial charge is 0.331 e. The molecule has 3 nitrogen and oxygen atoms in total. The third-order valence-corrected chi connectivity index (χ3v) is 4.71. The van der Waals surface area contributed by atoms with E-state index < -0.39 is 5.97 Å². The molecule has 0 unspecified atom stereocenters. The van der Waals surface area contributed by atoms with E-state index in [9.17, 15) is 4.79 Å². The molecule has 0 spiro atoms. The summed E-state index contributed by atoms with van der Waals surface area (Å²) in [6, 6.07) is 22.2. The molecule has 3 aromatic carbocycles. The molecule has 3 rings (SSSR count). The number of ether oxygens (including phenoxy) is 2. The second-order valence-electron chi connectivity index (χ2n) is 5.98. The summed E-state index contributed by atoms with van der Waals surface area (Å²) in [6.45, 7) is 0.529. The van der Waals surface area contributed by atoms with Crippen LogP contribution in [0.15, 0.2) is 78.9 Å². The molecular weight excluding hydrogens is 395 g/mol. The lowest BCUT2D eigenvalue weighted by Crippen LogP contribution is -2.01. The van der Waals surface area contributed by atoms with E-state index in [0.717, 1.165) is 22.4 Å². The van der Waals surface area contributed by atoms with Crippen LogP contribution in [0.2, 0.25) is 10.0 Å². The zero-order valence-electron chi connectivity index (χ0n) is 15.0. The average Bonchev–Trinajstić information content (AvgIpc) is 2.72. The Balaban J connectivity index is 1.50. The lowest BCUT2D eigenvalue weighted by molar-refractivity contribution is -0.138. The predicted molar refractivity (Wildman–Crippen MR) is 113 cm³/mol. The Bertz CT molecular complexity index is 966. The topological polar surface area (TPSA) is 35.5 Å². The highest BCUT2D eigenvalue weighted by Gasteiger charge is 2.03. The number of carbonyl (C=O) groups excluding carboxylic acids is 1. The van der Waals surface area contributed by atoms with Crippen molar-refractivity contribution in [3.8, 4) is 5.75 Å². The van der Waals surface area contributed by atoms with Gasteiger partial charge in [0, 0.05) is 27.2 Å². The van der Waals surface area contributed by atoms with E-state index in [1.807, 2.05) is 66.7 Å². The van der Waals surface area contributed by atoms with Crippen LogP contribution in [0.25, 0.3) is 6.08 Å². The number of esters is 1. The summed E-state index contributed by atoms with van der Waals surface area (Å²) in [6.07, 6.45) is 3.07. The summed E-state index contributed by atoms with van der Waals surface area (Å²) < 4.78 is 10.9. The summed E-state index contributed by atoms with van der Waals surface area (Å²) in [5.74, 6) is 0.289. The predicted octanol–water partition coefficient (Wildman–Crippen LogP) is 6.33. The average molecular weight is 413 g/mol. The molecule has 0 radical (unpaired) electrons. The third kappa shape index (κ3) is 5.88. The fourth-order valence-electron chi connectivity index (χ4n) is 2.43. The van der Waals surface area contributed by atoms with E-state index in [0.29, 0.717) is 16.7 Å². The standard InChI is InChI=1S/C23H18Cl2O3/c24-21-7-3-1-5-18(21)15-27-20-12-9-17(10-13-20)11-14-23(26)28-16-19-6-2-4-8-22(19)25/h1-14H,15-16H2/b14-11+. The second-order valence-corrected chi connectivity index (χ2v) is 6.80. The van der Waals surface area contributed by atoms with Gasteiger partial charge in [-0.05, 0) is 35.9 Å². The first kappa shape index (κ1) is 20.0. The summed E-state index contributed by atoms with van der Waals surface area (Å²) in [4.78, 5) is 11.9. The summed E-state index contributed by atoms with van der Waals surface area (Å²) in [5, 5.41) is 1.25. The number of hydrogen-bond donors (Lipinski definition) is 0. The summed E-state index contributed by atoms with van der Waals surface area (Å²) in [5.41, 5.74) is 2.56. The maximum atomic E-state index is 11.9. The molecule has 0 amide bonds. The molecule has 0 N–H and O–H groups in total. The van der Waals surface area contributed by atoms with E-state index in [-0.39, 0.29) is 6.61 Å². The monoisotopic (exact) mass is 412 g/mol. The van der Waals surface area contributed by atoms with Crippen molar-refractivity contribution < 1.29 is 14.3 Å². The highest BCUT2D eigenvalue weighted by molar-refractivity contribution is 6.31. The zero-order chi connectivity index (χ0) is 19.8. The molecule has 0 bridgehead atoms. The number of benzene rings is 3. The van der Waals surface area contributed by atoms with E-state index >= 15 is 0 Å². The van der Waals surface area contributed by atoms with Crippen LogP contribution in [0, 0.1) is 0 Å². The van der Waals surface area contributed by atoms with Gasteiger partial charge in [-0.1, -0.05) is 71.7 Å². The quantitative estimate of drug-likeness (QED) is 0.336. The van der Waals surface area contributed by atoms with Crippen molar-refractivity contribution in [2.75, 3.05) is 0 Å². The van der Waals surface area contributed by atoms with Gasteiger partial charge in [0.05, 0.1) is 0 Å². The zero-order valence-corrected chi connectivity index (χ0v) is 16.5. The van der Waals surface area contributed by atoms with E-state index in [2.05, 4.69) is 0 Å². The summed E-state index contributed by atoms with van der Waals surface area (Å²) >= 11 is 12.2. The van der Waals surface area contributed by atoms with Crippen molar-refractivity contribution in [1.29, 1.82) is 0 Å². The van der Waals surface area contributed by atoms with Crippen molar-refractivity contribution in [1.82, 2.24) is 0 Å². The van der Waals surface area contributed by atoms with E-state index in [1.54, 1.807) is 12.1 Å². The molecule has 0 aliphatic carbocycles. The van der Waals surface area contributed by atoms with Gasteiger partial charge >= 0.3 is 5.97 Å². The van der Waals surface area contributed by atoms with Gasteiger partial charge in [0.15, 0.2) is 0 Å². The Labute approximate surface area is 174 Å². The minimum absolute atomic E-state index is 0.137. The number of halogens is 2. The second kappa shape index (κ2) is 9.98. The molecule has 0 fully saturated rings. The molecule has 0 aliphatic rings. The third-order valence-electron chi connectivity index (χ3n) is 3.97. The molecule has 0 saturated carbocycles. The fourth-order valence-corrected chi connectivity index (χ4v) is 2.81. The van der Waals surface area contributed by atoms with E-state index in [4.69, 9.17) is 32.7 Å². The summed E-state index contributed by atoms with van der Waals surface area (Å²) in [7, 11) is 0. The van der Waals surface area contributed by atoms with Gasteiger partial charge < -0.3 is 9.47 Å². The van der Waals surface area contributed by atoms with Crippen LogP contribution < -0.4 is 4.74 Å². The number of hydrogen-bond acceptors (Lipinski definition) is 3. The van der Waals surface area contributed by atoms with Crippen molar-refractivity contribution in [2.24, 2.45) is 0 Å². The largest absolute Gasteiger partial charge is 0.489 e.